The third-order valence-corrected chi connectivity index (χ3v) is 19.6. The largest absolute Gasteiger partial charge is 1.00 e. The zero-order valence-electron chi connectivity index (χ0n) is 29.0. The SMILES string of the molecule is CC(C)P(C1=Cc2c(-c3ccccc3)cccc2[CH]1[Ti+2][CH]1C(P(C(C)C)C(C)C)=Cc2c(-c3ccccc3)cccc21)C(C)C.[Cl-].[Cl-]. The van der Waals surface area contributed by atoms with Crippen LogP contribution in [-0.2, 0) is 19.2 Å². The maximum atomic E-state index is 2.69. The van der Waals surface area contributed by atoms with Crippen LogP contribution in [0.25, 0.3) is 34.4 Å². The van der Waals surface area contributed by atoms with Crippen molar-refractivity contribution in [2.45, 2.75) is 86.5 Å². The molecule has 0 N–H and O–H groups in total. The van der Waals surface area contributed by atoms with Crippen molar-refractivity contribution in [3.63, 3.8) is 0 Å². The first-order chi connectivity index (χ1) is 21.7. The molecule has 244 valence electrons. The molecule has 2 aliphatic rings. The third-order valence-electron chi connectivity index (χ3n) is 9.40. The standard InChI is InChI=1S/2C21H24P.2ClH.Ti/c2*1-15(2)22(16(3)4)19-13-18-11-8-12-20(21(18)14-19)17-9-6-5-7-10-17;;;/h2*5-16H,1-4H3;2*1H;/q;;;;+2/p-2. The van der Waals surface area contributed by atoms with Gasteiger partial charge in [-0.15, -0.1) is 0 Å². The predicted molar refractivity (Wildman–Crippen MR) is 200 cm³/mol. The fraction of sp³-hybridized carbons (Fsp3) is 0.333. The molecule has 0 amide bonds. The predicted octanol–water partition coefficient (Wildman–Crippen LogP) is 7.20. The van der Waals surface area contributed by atoms with Gasteiger partial charge in [-0.1, -0.05) is 0 Å². The Labute approximate surface area is 308 Å². The van der Waals surface area contributed by atoms with Crippen molar-refractivity contribution < 1.29 is 44.0 Å². The average Bonchev–Trinajstić information content (AvgIpc) is 3.55. The van der Waals surface area contributed by atoms with Crippen LogP contribution in [0.2, 0.25) is 0 Å². The first kappa shape index (κ1) is 38.3. The van der Waals surface area contributed by atoms with Crippen LogP contribution >= 0.6 is 15.8 Å². The summed E-state index contributed by atoms with van der Waals surface area (Å²) < 4.78 is 1.13. The van der Waals surface area contributed by atoms with Crippen LogP contribution in [-0.4, -0.2) is 22.6 Å². The molecule has 0 bridgehead atoms. The first-order valence-electron chi connectivity index (χ1n) is 16.8. The summed E-state index contributed by atoms with van der Waals surface area (Å²) in [6, 6.07) is 36.5. The molecule has 0 nitrogen and oxygen atoms in total. The molecule has 4 aromatic rings. The number of hydrogen-bond acceptors (Lipinski definition) is 0. The molecule has 2 atom stereocenters. The Morgan fingerprint density at radius 3 is 1.11 bits per heavy atom. The fourth-order valence-corrected chi connectivity index (χ4v) is 18.7. The molecule has 2 unspecified atom stereocenters. The zero-order valence-corrected chi connectivity index (χ0v) is 33.9. The van der Waals surface area contributed by atoms with Crippen molar-refractivity contribution in [3.05, 3.63) is 130 Å². The summed E-state index contributed by atoms with van der Waals surface area (Å²) in [6.07, 6.45) is 5.37. The molecule has 4 aromatic carbocycles. The van der Waals surface area contributed by atoms with Gasteiger partial charge in [0.25, 0.3) is 0 Å². The fourth-order valence-electron chi connectivity index (χ4n) is 7.86. The Kier molecular flexibility index (Phi) is 13.4. The Morgan fingerprint density at radius 1 is 0.447 bits per heavy atom. The quantitative estimate of drug-likeness (QED) is 0.120. The maximum Gasteiger partial charge on any atom is -1.00 e. The Bertz CT molecular complexity index is 1570. The topological polar surface area (TPSA) is 0 Å². The van der Waals surface area contributed by atoms with E-state index >= 15 is 0 Å². The van der Waals surface area contributed by atoms with Gasteiger partial charge in [-0.05, 0) is 0 Å². The number of allylic oxidation sites excluding steroid dienone is 2. The van der Waals surface area contributed by atoms with Crippen LogP contribution in [0.15, 0.2) is 108 Å². The van der Waals surface area contributed by atoms with Gasteiger partial charge in [-0.3, -0.25) is 0 Å². The molecule has 2 aliphatic carbocycles. The second-order valence-corrected chi connectivity index (χ2v) is 22.8. The molecule has 47 heavy (non-hydrogen) atoms. The van der Waals surface area contributed by atoms with Crippen molar-refractivity contribution in [1.82, 2.24) is 0 Å². The van der Waals surface area contributed by atoms with Crippen LogP contribution in [0.4, 0.5) is 0 Å². The molecule has 0 aromatic heterocycles. The molecule has 0 aliphatic heterocycles. The van der Waals surface area contributed by atoms with Crippen molar-refractivity contribution in [2.24, 2.45) is 0 Å². The van der Waals surface area contributed by atoms with E-state index in [1.807, 2.05) is 0 Å². The van der Waals surface area contributed by atoms with E-state index in [1.54, 1.807) is 21.8 Å². The van der Waals surface area contributed by atoms with Crippen molar-refractivity contribution >= 4 is 28.0 Å². The second kappa shape index (κ2) is 16.5. The minimum atomic E-state index is -0.476. The van der Waals surface area contributed by atoms with Crippen LogP contribution in [0, 0.1) is 0 Å². The summed E-state index contributed by atoms with van der Waals surface area (Å²) in [6.45, 7) is 19.8. The number of rotatable bonds is 10. The van der Waals surface area contributed by atoms with Gasteiger partial charge in [-0.25, -0.2) is 0 Å². The molecule has 0 spiro atoms. The van der Waals surface area contributed by atoms with Gasteiger partial charge in [0, 0.05) is 0 Å². The van der Waals surface area contributed by atoms with Crippen LogP contribution in [0.5, 0.6) is 0 Å². The molecular weight excluding hydrogens is 685 g/mol. The molecule has 0 heterocycles. The average molecular weight is 734 g/mol. The molecule has 0 saturated heterocycles. The minimum Gasteiger partial charge on any atom is -1.00 e. The number of fused-ring (bicyclic) bond motifs is 2. The van der Waals surface area contributed by atoms with E-state index in [0.717, 1.165) is 0 Å². The molecule has 0 saturated carbocycles. The van der Waals surface area contributed by atoms with Gasteiger partial charge in [0.05, 0.1) is 0 Å². The Hall–Kier alpha value is -1.49. The van der Waals surface area contributed by atoms with E-state index in [1.165, 1.54) is 33.4 Å². The number of benzene rings is 4. The van der Waals surface area contributed by atoms with Crippen molar-refractivity contribution in [1.29, 1.82) is 0 Å². The number of hydrogen-bond donors (Lipinski definition) is 0. The zero-order chi connectivity index (χ0) is 31.8. The van der Waals surface area contributed by atoms with Gasteiger partial charge in [0.1, 0.15) is 0 Å². The van der Waals surface area contributed by atoms with Gasteiger partial charge in [0.2, 0.25) is 0 Å². The summed E-state index contributed by atoms with van der Waals surface area (Å²) in [5.74, 6) is 0. The monoisotopic (exact) mass is 732 g/mol. The van der Waals surface area contributed by atoms with Gasteiger partial charge >= 0.3 is 286 Å². The minimum absolute atomic E-state index is 0. The van der Waals surface area contributed by atoms with E-state index in [-0.39, 0.29) is 40.7 Å². The Morgan fingerprint density at radius 2 is 0.787 bits per heavy atom. The summed E-state index contributed by atoms with van der Waals surface area (Å²) in [5.41, 5.74) is 14.4. The molecule has 5 heteroatoms. The molecule has 0 fully saturated rings. The van der Waals surface area contributed by atoms with Crippen LogP contribution < -0.4 is 24.8 Å². The summed E-state index contributed by atoms with van der Waals surface area (Å²) >= 11 is -0.476. The Balaban J connectivity index is 0.00000250. The van der Waals surface area contributed by atoms with Gasteiger partial charge < -0.3 is 24.8 Å². The smallest absolute Gasteiger partial charge is 1.00 e. The maximum absolute atomic E-state index is 2.69. The van der Waals surface area contributed by atoms with E-state index < -0.39 is 19.2 Å². The second-order valence-electron chi connectivity index (χ2n) is 13.7. The molecular formula is C42H48Cl2P2Ti. The summed E-state index contributed by atoms with van der Waals surface area (Å²) in [7, 11) is -0.506. The van der Waals surface area contributed by atoms with Crippen LogP contribution in [0.1, 0.15) is 86.1 Å². The summed E-state index contributed by atoms with van der Waals surface area (Å²) in [5, 5.41) is 3.55. The van der Waals surface area contributed by atoms with E-state index in [4.69, 9.17) is 0 Å². The third kappa shape index (κ3) is 7.66. The first-order valence-corrected chi connectivity index (χ1v) is 21.6. The van der Waals surface area contributed by atoms with E-state index in [0.29, 0.717) is 31.1 Å². The van der Waals surface area contributed by atoms with Crippen molar-refractivity contribution in [3.8, 4) is 22.3 Å². The summed E-state index contributed by atoms with van der Waals surface area (Å²) in [4.78, 5) is 0. The van der Waals surface area contributed by atoms with Crippen molar-refractivity contribution in [2.75, 3.05) is 0 Å². The van der Waals surface area contributed by atoms with Gasteiger partial charge in [0.15, 0.2) is 0 Å². The molecule has 0 radical (unpaired) electrons. The normalized spacial score (nSPS) is 16.6. The van der Waals surface area contributed by atoms with Crippen LogP contribution in [0.3, 0.4) is 0 Å². The molecule has 6 rings (SSSR count). The van der Waals surface area contributed by atoms with E-state index in [2.05, 4.69) is 165 Å². The van der Waals surface area contributed by atoms with E-state index in [9.17, 15) is 0 Å². The number of halogens is 2. The van der Waals surface area contributed by atoms with Gasteiger partial charge in [-0.2, -0.15) is 0 Å².